The third-order valence-electron chi connectivity index (χ3n) is 3.11. The molecule has 22 heavy (non-hydrogen) atoms. The Morgan fingerprint density at radius 3 is 2.86 bits per heavy atom. The molecule has 0 saturated carbocycles. The van der Waals surface area contributed by atoms with Crippen molar-refractivity contribution in [3.63, 3.8) is 0 Å². The van der Waals surface area contributed by atoms with Crippen LogP contribution in [0.25, 0.3) is 26.9 Å². The maximum Gasteiger partial charge on any atom is 0.235 e. The largest absolute Gasteiger partial charge is 0.275 e. The lowest BCUT2D eigenvalue weighted by Crippen LogP contribution is -1.93. The van der Waals surface area contributed by atoms with Gasteiger partial charge < -0.3 is 0 Å². The van der Waals surface area contributed by atoms with Gasteiger partial charge in [0.1, 0.15) is 5.82 Å². The van der Waals surface area contributed by atoms with Crippen LogP contribution in [0.15, 0.2) is 30.6 Å². The Hall–Kier alpha value is -2.32. The van der Waals surface area contributed by atoms with Crippen molar-refractivity contribution in [3.05, 3.63) is 41.4 Å². The van der Waals surface area contributed by atoms with Crippen LogP contribution in [0.1, 0.15) is 0 Å². The quantitative estimate of drug-likeness (QED) is 0.565. The molecule has 4 rings (SSSR count). The fourth-order valence-electron chi connectivity index (χ4n) is 2.10. The van der Waals surface area contributed by atoms with Crippen LogP contribution in [0.4, 0.5) is 4.39 Å². The van der Waals surface area contributed by atoms with Crippen LogP contribution in [0.2, 0.25) is 5.02 Å². The Morgan fingerprint density at radius 1 is 1.27 bits per heavy atom. The molecule has 0 aliphatic rings. The van der Waals surface area contributed by atoms with Crippen LogP contribution in [0.5, 0.6) is 0 Å². The molecule has 4 aromatic rings. The van der Waals surface area contributed by atoms with Crippen LogP contribution in [0.3, 0.4) is 0 Å². The van der Waals surface area contributed by atoms with E-state index >= 15 is 0 Å². The number of aromatic nitrogens is 6. The molecule has 1 aromatic carbocycles. The Bertz CT molecular complexity index is 988. The van der Waals surface area contributed by atoms with E-state index in [1.807, 2.05) is 13.2 Å². The van der Waals surface area contributed by atoms with Crippen molar-refractivity contribution in [3.8, 4) is 22.0 Å². The molecule has 6 nitrogen and oxygen atoms in total. The van der Waals surface area contributed by atoms with Crippen molar-refractivity contribution in [2.75, 3.05) is 0 Å². The highest BCUT2D eigenvalue weighted by Gasteiger charge is 2.17. The van der Waals surface area contributed by atoms with Crippen molar-refractivity contribution in [2.45, 2.75) is 0 Å². The molecule has 0 fully saturated rings. The Kier molecular flexibility index (Phi) is 2.95. The van der Waals surface area contributed by atoms with Crippen LogP contribution < -0.4 is 0 Å². The van der Waals surface area contributed by atoms with Gasteiger partial charge in [-0.1, -0.05) is 22.9 Å². The first-order chi connectivity index (χ1) is 10.6. The van der Waals surface area contributed by atoms with Gasteiger partial charge in [0.15, 0.2) is 10.8 Å². The first-order valence-electron chi connectivity index (χ1n) is 6.28. The first kappa shape index (κ1) is 13.4. The molecule has 0 aliphatic carbocycles. The maximum atomic E-state index is 14.1. The summed E-state index contributed by atoms with van der Waals surface area (Å²) in [5.41, 5.74) is 1.18. The lowest BCUT2D eigenvalue weighted by Gasteiger charge is -1.99. The number of fused-ring (bicyclic) bond motifs is 1. The SMILES string of the molecule is Cn1cc(-c2nn3c(-c4ccc(Cl)cc4F)nnc3s2)cn1. The van der Waals surface area contributed by atoms with Gasteiger partial charge in [-0.25, -0.2) is 4.39 Å². The van der Waals surface area contributed by atoms with Gasteiger partial charge in [-0.2, -0.15) is 14.7 Å². The van der Waals surface area contributed by atoms with E-state index in [0.717, 1.165) is 10.6 Å². The summed E-state index contributed by atoms with van der Waals surface area (Å²) in [6.07, 6.45) is 3.57. The normalized spacial score (nSPS) is 11.4. The molecule has 0 radical (unpaired) electrons. The molecule has 0 N–H and O–H groups in total. The zero-order valence-corrected chi connectivity index (χ0v) is 12.8. The van der Waals surface area contributed by atoms with E-state index in [9.17, 15) is 4.39 Å². The van der Waals surface area contributed by atoms with Gasteiger partial charge in [-0.05, 0) is 18.2 Å². The number of aryl methyl sites for hydroxylation is 1. The summed E-state index contributed by atoms with van der Waals surface area (Å²) in [4.78, 5) is 0.586. The summed E-state index contributed by atoms with van der Waals surface area (Å²) in [5.74, 6) is -0.117. The Morgan fingerprint density at radius 2 is 2.14 bits per heavy atom. The molecule has 0 bridgehead atoms. The van der Waals surface area contributed by atoms with E-state index in [2.05, 4.69) is 20.4 Å². The number of rotatable bonds is 2. The van der Waals surface area contributed by atoms with E-state index in [4.69, 9.17) is 11.6 Å². The predicted molar refractivity (Wildman–Crippen MR) is 81.3 cm³/mol. The zero-order chi connectivity index (χ0) is 15.3. The monoisotopic (exact) mass is 334 g/mol. The number of benzene rings is 1. The molecule has 0 spiro atoms. The first-order valence-corrected chi connectivity index (χ1v) is 7.48. The third kappa shape index (κ3) is 2.08. The summed E-state index contributed by atoms with van der Waals surface area (Å²) < 4.78 is 17.3. The zero-order valence-electron chi connectivity index (χ0n) is 11.2. The van der Waals surface area contributed by atoms with Gasteiger partial charge in [0, 0.05) is 18.3 Å². The summed E-state index contributed by atoms with van der Waals surface area (Å²) in [7, 11) is 1.83. The van der Waals surface area contributed by atoms with E-state index < -0.39 is 5.82 Å². The average Bonchev–Trinajstić information content (AvgIpc) is 3.14. The molecule has 0 atom stereocenters. The van der Waals surface area contributed by atoms with E-state index in [1.165, 1.54) is 21.9 Å². The predicted octanol–water partition coefficient (Wildman–Crippen LogP) is 3.05. The molecule has 9 heteroatoms. The second-order valence-corrected chi connectivity index (χ2v) is 6.04. The number of hydrogen-bond donors (Lipinski definition) is 0. The summed E-state index contributed by atoms with van der Waals surface area (Å²) >= 11 is 7.14. The van der Waals surface area contributed by atoms with Crippen LogP contribution in [0, 0.1) is 5.82 Å². The van der Waals surface area contributed by atoms with Crippen LogP contribution >= 0.6 is 22.9 Å². The third-order valence-corrected chi connectivity index (χ3v) is 4.30. The van der Waals surface area contributed by atoms with Crippen molar-refractivity contribution >= 4 is 27.9 Å². The maximum absolute atomic E-state index is 14.1. The summed E-state index contributed by atoms with van der Waals surface area (Å²) in [6, 6.07) is 4.42. The highest BCUT2D eigenvalue weighted by molar-refractivity contribution is 7.19. The van der Waals surface area contributed by atoms with Crippen molar-refractivity contribution < 1.29 is 4.39 Å². The van der Waals surface area contributed by atoms with E-state index in [1.54, 1.807) is 23.0 Å². The van der Waals surface area contributed by atoms with Gasteiger partial charge in [0.25, 0.3) is 0 Å². The standard InChI is InChI=1S/C13H8ClFN6S/c1-20-6-7(5-16-20)12-19-21-11(17-18-13(21)22-12)9-3-2-8(14)4-10(9)15/h2-6H,1H3. The van der Waals surface area contributed by atoms with Crippen molar-refractivity contribution in [2.24, 2.45) is 7.05 Å². The molecule has 3 heterocycles. The van der Waals surface area contributed by atoms with Gasteiger partial charge >= 0.3 is 0 Å². The second kappa shape index (κ2) is 4.85. The minimum atomic E-state index is -0.460. The lowest BCUT2D eigenvalue weighted by atomic mass is 10.2. The van der Waals surface area contributed by atoms with Gasteiger partial charge in [-0.3, -0.25) is 4.68 Å². The fraction of sp³-hybridized carbons (Fsp3) is 0.0769. The lowest BCUT2D eigenvalue weighted by molar-refractivity contribution is 0.629. The second-order valence-electron chi connectivity index (χ2n) is 4.65. The Labute approximate surface area is 132 Å². The van der Waals surface area contributed by atoms with Crippen molar-refractivity contribution in [1.82, 2.24) is 29.6 Å². The smallest absolute Gasteiger partial charge is 0.235 e. The van der Waals surface area contributed by atoms with E-state index in [-0.39, 0.29) is 0 Å². The topological polar surface area (TPSA) is 60.9 Å². The summed E-state index contributed by atoms with van der Waals surface area (Å²) in [5, 5.41) is 17.7. The minimum absolute atomic E-state index is 0.305. The average molecular weight is 335 g/mol. The van der Waals surface area contributed by atoms with Gasteiger partial charge in [0.2, 0.25) is 4.96 Å². The van der Waals surface area contributed by atoms with Gasteiger partial charge in [-0.15, -0.1) is 10.2 Å². The van der Waals surface area contributed by atoms with Crippen molar-refractivity contribution in [1.29, 1.82) is 0 Å². The molecular formula is C13H8ClFN6S. The Balaban J connectivity index is 1.87. The molecule has 0 amide bonds. The summed E-state index contributed by atoms with van der Waals surface area (Å²) in [6.45, 7) is 0. The highest BCUT2D eigenvalue weighted by Crippen LogP contribution is 2.29. The van der Waals surface area contributed by atoms with Crippen LogP contribution in [-0.4, -0.2) is 29.6 Å². The molecular weight excluding hydrogens is 327 g/mol. The number of hydrogen-bond acceptors (Lipinski definition) is 5. The number of halogens is 2. The van der Waals surface area contributed by atoms with E-state index in [0.29, 0.717) is 21.4 Å². The van der Waals surface area contributed by atoms with Crippen LogP contribution in [-0.2, 0) is 7.05 Å². The molecule has 0 unspecified atom stereocenters. The van der Waals surface area contributed by atoms with Gasteiger partial charge in [0.05, 0.1) is 17.3 Å². The highest BCUT2D eigenvalue weighted by atomic mass is 35.5. The molecule has 0 aliphatic heterocycles. The minimum Gasteiger partial charge on any atom is -0.275 e. The molecule has 0 saturated heterocycles. The number of nitrogens with zero attached hydrogens (tertiary/aromatic N) is 6. The molecule has 3 aromatic heterocycles. The fourth-order valence-corrected chi connectivity index (χ4v) is 3.08. The molecule has 110 valence electrons.